The summed E-state index contributed by atoms with van der Waals surface area (Å²) in [6, 6.07) is 8.11. The van der Waals surface area contributed by atoms with Crippen LogP contribution >= 0.6 is 11.8 Å². The van der Waals surface area contributed by atoms with Gasteiger partial charge in [0, 0.05) is 18.1 Å². The van der Waals surface area contributed by atoms with Crippen molar-refractivity contribution in [1.29, 1.82) is 0 Å². The lowest BCUT2D eigenvalue weighted by Gasteiger charge is -2.17. The Morgan fingerprint density at radius 2 is 1.85 bits per heavy atom. The summed E-state index contributed by atoms with van der Waals surface area (Å²) >= 11 is 1.92. The molecular formula is C16H25NO2S. The molecule has 0 aliphatic rings. The molecule has 0 aliphatic carbocycles. The Morgan fingerprint density at radius 1 is 1.20 bits per heavy atom. The van der Waals surface area contributed by atoms with Gasteiger partial charge in [-0.3, -0.25) is 4.79 Å². The summed E-state index contributed by atoms with van der Waals surface area (Å²) in [5, 5.41) is 0. The van der Waals surface area contributed by atoms with Gasteiger partial charge in [-0.25, -0.2) is 0 Å². The van der Waals surface area contributed by atoms with E-state index in [9.17, 15) is 4.79 Å². The van der Waals surface area contributed by atoms with E-state index >= 15 is 0 Å². The first-order valence-electron chi connectivity index (χ1n) is 7.14. The number of ether oxygens (including phenoxy) is 1. The summed E-state index contributed by atoms with van der Waals surface area (Å²) in [6.45, 7) is 7.72. The van der Waals surface area contributed by atoms with E-state index in [1.165, 1.54) is 12.7 Å². The zero-order valence-corrected chi connectivity index (χ0v) is 13.5. The highest BCUT2D eigenvalue weighted by atomic mass is 32.2. The Morgan fingerprint density at radius 3 is 2.45 bits per heavy atom. The van der Waals surface area contributed by atoms with E-state index < -0.39 is 0 Å². The first-order chi connectivity index (χ1) is 9.71. The lowest BCUT2D eigenvalue weighted by atomic mass is 10.1. The third-order valence-electron chi connectivity index (χ3n) is 3.38. The van der Waals surface area contributed by atoms with Crippen LogP contribution in [0.15, 0.2) is 24.3 Å². The third-order valence-corrected chi connectivity index (χ3v) is 4.37. The second kappa shape index (κ2) is 9.83. The van der Waals surface area contributed by atoms with Crippen molar-refractivity contribution in [3.63, 3.8) is 0 Å². The Kier molecular flexibility index (Phi) is 8.38. The van der Waals surface area contributed by atoms with Gasteiger partial charge in [0.25, 0.3) is 0 Å². The van der Waals surface area contributed by atoms with E-state index in [0.29, 0.717) is 6.42 Å². The van der Waals surface area contributed by atoms with Gasteiger partial charge < -0.3 is 9.64 Å². The van der Waals surface area contributed by atoms with E-state index in [1.54, 1.807) is 0 Å². The number of nitrogens with zero attached hydrogens (tertiary/aromatic N) is 1. The van der Waals surface area contributed by atoms with Crippen molar-refractivity contribution in [3.05, 3.63) is 35.4 Å². The Balaban J connectivity index is 2.45. The molecule has 0 saturated heterocycles. The fourth-order valence-corrected chi connectivity index (χ4v) is 3.05. The second-order valence-electron chi connectivity index (χ2n) is 4.60. The zero-order chi connectivity index (χ0) is 14.8. The molecule has 0 radical (unpaired) electrons. The highest BCUT2D eigenvalue weighted by Gasteiger charge is 2.08. The van der Waals surface area contributed by atoms with Gasteiger partial charge in [-0.2, -0.15) is 11.8 Å². The summed E-state index contributed by atoms with van der Waals surface area (Å²) in [5.41, 5.74) is 2.32. The molecule has 1 aromatic carbocycles. The Labute approximate surface area is 126 Å². The molecular weight excluding hydrogens is 270 g/mol. The average Bonchev–Trinajstić information content (AvgIpc) is 2.48. The highest BCUT2D eigenvalue weighted by molar-refractivity contribution is 7.98. The molecule has 0 bridgehead atoms. The maximum Gasteiger partial charge on any atom is 0.309 e. The van der Waals surface area contributed by atoms with Crippen LogP contribution < -0.4 is 0 Å². The summed E-state index contributed by atoms with van der Waals surface area (Å²) < 4.78 is 4.74. The number of benzene rings is 1. The molecule has 0 N–H and O–H groups in total. The third kappa shape index (κ3) is 5.97. The molecule has 0 unspecified atom stereocenters. The van der Waals surface area contributed by atoms with Crippen molar-refractivity contribution in [2.24, 2.45) is 0 Å². The minimum Gasteiger partial charge on any atom is -0.469 e. The lowest BCUT2D eigenvalue weighted by molar-refractivity contribution is -0.139. The van der Waals surface area contributed by atoms with Crippen molar-refractivity contribution < 1.29 is 9.53 Å². The van der Waals surface area contributed by atoms with Crippen LogP contribution in [0.3, 0.4) is 0 Å². The van der Waals surface area contributed by atoms with E-state index in [-0.39, 0.29) is 5.97 Å². The first-order valence-corrected chi connectivity index (χ1v) is 8.30. The zero-order valence-electron chi connectivity index (χ0n) is 12.7. The smallest absolute Gasteiger partial charge is 0.309 e. The molecule has 3 nitrogen and oxygen atoms in total. The van der Waals surface area contributed by atoms with Gasteiger partial charge in [0.15, 0.2) is 0 Å². The minimum absolute atomic E-state index is 0.175. The second-order valence-corrected chi connectivity index (χ2v) is 5.71. The summed E-state index contributed by atoms with van der Waals surface area (Å²) in [4.78, 5) is 13.8. The number of hydrogen-bond acceptors (Lipinski definition) is 4. The van der Waals surface area contributed by atoms with Crippen LogP contribution in [0.4, 0.5) is 0 Å². The van der Waals surface area contributed by atoms with Crippen molar-refractivity contribution >= 4 is 17.7 Å². The topological polar surface area (TPSA) is 29.5 Å². The largest absolute Gasteiger partial charge is 0.469 e. The monoisotopic (exact) mass is 295 g/mol. The fourth-order valence-electron chi connectivity index (χ4n) is 2.01. The molecule has 0 saturated carbocycles. The van der Waals surface area contributed by atoms with Gasteiger partial charge in [0.05, 0.1) is 13.5 Å². The van der Waals surface area contributed by atoms with Crippen LogP contribution in [-0.4, -0.2) is 43.4 Å². The number of carbonyl (C=O) groups excluding carboxylic acids is 1. The molecule has 1 aromatic rings. The van der Waals surface area contributed by atoms with E-state index in [0.717, 1.165) is 36.7 Å². The molecule has 112 valence electrons. The highest BCUT2D eigenvalue weighted by Crippen LogP contribution is 2.17. The number of carbonyl (C=O) groups is 1. The number of esters is 1. The van der Waals surface area contributed by atoms with E-state index in [1.807, 2.05) is 30.0 Å². The van der Waals surface area contributed by atoms with Crippen LogP contribution in [0.2, 0.25) is 0 Å². The average molecular weight is 295 g/mol. The normalized spacial score (nSPS) is 10.8. The van der Waals surface area contributed by atoms with Crippen LogP contribution in [-0.2, 0) is 21.7 Å². The molecule has 20 heavy (non-hydrogen) atoms. The van der Waals surface area contributed by atoms with Crippen LogP contribution in [0.1, 0.15) is 25.0 Å². The fraction of sp³-hybridized carbons (Fsp3) is 0.562. The summed E-state index contributed by atoms with van der Waals surface area (Å²) in [6.07, 6.45) is 0.364. The van der Waals surface area contributed by atoms with Gasteiger partial charge in [-0.05, 0) is 24.2 Å². The maximum absolute atomic E-state index is 11.4. The Hall–Kier alpha value is -1.00. The van der Waals surface area contributed by atoms with Crippen LogP contribution in [0, 0.1) is 0 Å². The van der Waals surface area contributed by atoms with Gasteiger partial charge in [0.2, 0.25) is 0 Å². The Bertz CT molecular complexity index is 405. The minimum atomic E-state index is -0.175. The molecule has 0 spiro atoms. The summed E-state index contributed by atoms with van der Waals surface area (Å²) in [5.74, 6) is 1.90. The van der Waals surface area contributed by atoms with Crippen molar-refractivity contribution in [2.45, 2.75) is 26.0 Å². The van der Waals surface area contributed by atoms with E-state index in [4.69, 9.17) is 4.74 Å². The van der Waals surface area contributed by atoms with Crippen molar-refractivity contribution in [1.82, 2.24) is 4.90 Å². The molecule has 0 fully saturated rings. The van der Waals surface area contributed by atoms with Gasteiger partial charge in [-0.15, -0.1) is 0 Å². The summed E-state index contributed by atoms with van der Waals surface area (Å²) in [7, 11) is 1.43. The number of hydrogen-bond donors (Lipinski definition) is 0. The predicted octanol–water partition coefficient (Wildman–Crippen LogP) is 2.98. The number of rotatable bonds is 9. The quantitative estimate of drug-likeness (QED) is 0.517. The molecule has 0 aliphatic heterocycles. The first kappa shape index (κ1) is 17.1. The molecule has 1 rings (SSSR count). The van der Waals surface area contributed by atoms with E-state index in [2.05, 4.69) is 24.8 Å². The standard InChI is InChI=1S/C16H25NO2S/c1-4-17(5-2)10-11-20-13-15-9-7-6-8-14(15)12-16(18)19-3/h6-9H,4-5,10-13H2,1-3H3. The predicted molar refractivity (Wildman–Crippen MR) is 86.1 cm³/mol. The van der Waals surface area contributed by atoms with Gasteiger partial charge >= 0.3 is 5.97 Å². The number of methoxy groups -OCH3 is 1. The number of thioether (sulfide) groups is 1. The molecule has 0 amide bonds. The van der Waals surface area contributed by atoms with Gasteiger partial charge in [-0.1, -0.05) is 38.1 Å². The van der Waals surface area contributed by atoms with Crippen molar-refractivity contribution in [3.8, 4) is 0 Å². The van der Waals surface area contributed by atoms with Crippen LogP contribution in [0.5, 0.6) is 0 Å². The molecule has 0 aromatic heterocycles. The molecule has 0 atom stereocenters. The lowest BCUT2D eigenvalue weighted by Crippen LogP contribution is -2.25. The SMILES string of the molecule is CCN(CC)CCSCc1ccccc1CC(=O)OC. The maximum atomic E-state index is 11.4. The van der Waals surface area contributed by atoms with Crippen molar-refractivity contribution in [2.75, 3.05) is 32.5 Å². The molecule has 4 heteroatoms. The molecule has 0 heterocycles. The van der Waals surface area contributed by atoms with Crippen LogP contribution in [0.25, 0.3) is 0 Å². The van der Waals surface area contributed by atoms with Gasteiger partial charge in [0.1, 0.15) is 0 Å².